The summed E-state index contributed by atoms with van der Waals surface area (Å²) in [6.07, 6.45) is 2.85. The summed E-state index contributed by atoms with van der Waals surface area (Å²) in [4.78, 5) is 41.1. The second-order valence-corrected chi connectivity index (χ2v) is 4.70. The molecule has 1 heterocycles. The second kappa shape index (κ2) is 8.10. The number of aliphatic hydroxyl groups is 1. The number of amides is 2. The number of carboxylic acids is 1. The topological polar surface area (TPSA) is 170 Å². The Balaban J connectivity index is 2.68. The van der Waals surface area contributed by atoms with Crippen LogP contribution in [0, 0.1) is 0 Å². The molecule has 0 saturated carbocycles. The van der Waals surface area contributed by atoms with E-state index < -0.39 is 42.5 Å². The van der Waals surface area contributed by atoms with Crippen LogP contribution in [0.5, 0.6) is 0 Å². The lowest BCUT2D eigenvalue weighted by molar-refractivity contribution is -0.142. The van der Waals surface area contributed by atoms with Crippen LogP contribution in [0.25, 0.3) is 0 Å². The van der Waals surface area contributed by atoms with Crippen LogP contribution in [0.1, 0.15) is 12.6 Å². The molecule has 0 aliphatic heterocycles. The smallest absolute Gasteiger partial charge is 0.326 e. The van der Waals surface area contributed by atoms with Gasteiger partial charge in [-0.05, 0) is 6.92 Å². The Kier molecular flexibility index (Phi) is 6.47. The van der Waals surface area contributed by atoms with E-state index in [1.165, 1.54) is 19.4 Å². The van der Waals surface area contributed by atoms with Crippen molar-refractivity contribution in [2.75, 3.05) is 6.61 Å². The van der Waals surface area contributed by atoms with Gasteiger partial charge in [0, 0.05) is 12.6 Å². The summed E-state index contributed by atoms with van der Waals surface area (Å²) in [6, 6.07) is -3.38. The third-order valence-electron chi connectivity index (χ3n) is 2.81. The quantitative estimate of drug-likeness (QED) is 0.304. The van der Waals surface area contributed by atoms with Gasteiger partial charge in [-0.3, -0.25) is 9.59 Å². The fraction of sp³-hybridized carbons (Fsp3) is 0.500. The monoisotopic (exact) mass is 313 g/mol. The minimum atomic E-state index is -1.28. The van der Waals surface area contributed by atoms with E-state index in [9.17, 15) is 14.4 Å². The van der Waals surface area contributed by atoms with E-state index >= 15 is 0 Å². The van der Waals surface area contributed by atoms with Crippen LogP contribution < -0.4 is 16.4 Å². The summed E-state index contributed by atoms with van der Waals surface area (Å²) >= 11 is 0. The number of carbonyl (C=O) groups excluding carboxylic acids is 2. The van der Waals surface area contributed by atoms with E-state index in [1.807, 2.05) is 0 Å². The third kappa shape index (κ3) is 5.14. The molecular weight excluding hydrogens is 294 g/mol. The van der Waals surface area contributed by atoms with E-state index in [1.54, 1.807) is 0 Å². The Morgan fingerprint density at radius 3 is 2.41 bits per heavy atom. The minimum absolute atomic E-state index is 0.0377. The highest BCUT2D eigenvalue weighted by Gasteiger charge is 2.27. The lowest BCUT2D eigenvalue weighted by atomic mass is 10.1. The summed E-state index contributed by atoms with van der Waals surface area (Å²) in [6.45, 7) is 0.734. The highest BCUT2D eigenvalue weighted by atomic mass is 16.4. The standard InChI is InChI=1S/C12H19N5O5/c1-6(13)10(19)17-9(4-18)11(20)16-8(12(21)22)2-7-3-14-5-15-7/h3,5-6,8-9,18H,2,4,13H2,1H3,(H,14,15)(H,16,20)(H,17,19)(H,21,22)/t6-,8+,9+/m0/s1. The molecule has 7 N–H and O–H groups in total. The lowest BCUT2D eigenvalue weighted by Gasteiger charge is -2.20. The van der Waals surface area contributed by atoms with Crippen LogP contribution in [0.2, 0.25) is 0 Å². The molecule has 1 rings (SSSR count). The van der Waals surface area contributed by atoms with Gasteiger partial charge in [0.05, 0.1) is 24.7 Å². The molecule has 122 valence electrons. The lowest BCUT2D eigenvalue weighted by Crippen LogP contribution is -2.55. The van der Waals surface area contributed by atoms with Crippen LogP contribution in [-0.2, 0) is 20.8 Å². The summed E-state index contributed by atoms with van der Waals surface area (Å²) in [7, 11) is 0. The molecule has 0 fully saturated rings. The normalized spacial score (nSPS) is 14.7. The average molecular weight is 313 g/mol. The molecule has 10 heteroatoms. The number of imidazole rings is 1. The van der Waals surface area contributed by atoms with Gasteiger partial charge >= 0.3 is 5.97 Å². The summed E-state index contributed by atoms with van der Waals surface area (Å²) in [5, 5.41) is 22.7. The van der Waals surface area contributed by atoms with Crippen LogP contribution in [0.3, 0.4) is 0 Å². The van der Waals surface area contributed by atoms with Gasteiger partial charge in [-0.15, -0.1) is 0 Å². The fourth-order valence-corrected chi connectivity index (χ4v) is 1.58. The first-order chi connectivity index (χ1) is 10.3. The third-order valence-corrected chi connectivity index (χ3v) is 2.81. The zero-order chi connectivity index (χ0) is 16.7. The van der Waals surface area contributed by atoms with Crippen molar-refractivity contribution in [3.8, 4) is 0 Å². The van der Waals surface area contributed by atoms with Crippen molar-refractivity contribution < 1.29 is 24.6 Å². The molecule has 22 heavy (non-hydrogen) atoms. The molecule has 0 spiro atoms. The molecular formula is C12H19N5O5. The number of aliphatic carboxylic acids is 1. The van der Waals surface area contributed by atoms with Crippen molar-refractivity contribution in [3.63, 3.8) is 0 Å². The van der Waals surface area contributed by atoms with Crippen LogP contribution in [0.15, 0.2) is 12.5 Å². The number of carboxylic acid groups (broad SMARTS) is 1. The molecule has 0 aromatic carbocycles. The molecule has 0 aliphatic rings. The number of nitrogens with two attached hydrogens (primary N) is 1. The van der Waals surface area contributed by atoms with Gasteiger partial charge in [0.1, 0.15) is 12.1 Å². The van der Waals surface area contributed by atoms with Crippen molar-refractivity contribution in [1.29, 1.82) is 0 Å². The van der Waals surface area contributed by atoms with Gasteiger partial charge in [-0.25, -0.2) is 9.78 Å². The number of aromatic nitrogens is 2. The first-order valence-electron chi connectivity index (χ1n) is 6.52. The van der Waals surface area contributed by atoms with Crippen LogP contribution >= 0.6 is 0 Å². The van der Waals surface area contributed by atoms with Gasteiger partial charge in [0.15, 0.2) is 0 Å². The molecule has 0 radical (unpaired) electrons. The molecule has 2 amide bonds. The number of rotatable bonds is 8. The maximum Gasteiger partial charge on any atom is 0.326 e. The molecule has 10 nitrogen and oxygen atoms in total. The van der Waals surface area contributed by atoms with Gasteiger partial charge in [0.2, 0.25) is 11.8 Å². The SMILES string of the molecule is C[C@H](N)C(=O)N[C@H](CO)C(=O)N[C@H](Cc1c[nH]cn1)C(=O)O. The van der Waals surface area contributed by atoms with Gasteiger partial charge in [-0.2, -0.15) is 0 Å². The van der Waals surface area contributed by atoms with E-state index in [-0.39, 0.29) is 6.42 Å². The number of nitrogens with one attached hydrogen (secondary N) is 3. The number of aromatic amines is 1. The van der Waals surface area contributed by atoms with Crippen molar-refractivity contribution in [3.05, 3.63) is 18.2 Å². The second-order valence-electron chi connectivity index (χ2n) is 4.70. The van der Waals surface area contributed by atoms with Crippen molar-refractivity contribution in [1.82, 2.24) is 20.6 Å². The molecule has 0 aliphatic carbocycles. The Morgan fingerprint density at radius 2 is 1.95 bits per heavy atom. The fourth-order valence-electron chi connectivity index (χ4n) is 1.58. The Bertz CT molecular complexity index is 516. The first-order valence-corrected chi connectivity index (χ1v) is 6.52. The van der Waals surface area contributed by atoms with Crippen molar-refractivity contribution >= 4 is 17.8 Å². The van der Waals surface area contributed by atoms with E-state index in [4.69, 9.17) is 15.9 Å². The summed E-state index contributed by atoms with van der Waals surface area (Å²) in [5.74, 6) is -2.71. The molecule has 1 aromatic heterocycles. The zero-order valence-corrected chi connectivity index (χ0v) is 11.9. The molecule has 0 saturated heterocycles. The van der Waals surface area contributed by atoms with Crippen molar-refractivity contribution in [2.24, 2.45) is 5.73 Å². The molecule has 3 atom stereocenters. The van der Waals surface area contributed by atoms with Crippen LogP contribution in [-0.4, -0.2) is 62.7 Å². The molecule has 1 aromatic rings. The predicted octanol–water partition coefficient (Wildman–Crippen LogP) is -2.65. The Labute approximate surface area is 126 Å². The Hall–Kier alpha value is -2.46. The summed E-state index contributed by atoms with van der Waals surface area (Å²) < 4.78 is 0. The van der Waals surface area contributed by atoms with Gasteiger partial charge in [-0.1, -0.05) is 0 Å². The minimum Gasteiger partial charge on any atom is -0.480 e. The average Bonchev–Trinajstić information content (AvgIpc) is 2.96. The Morgan fingerprint density at radius 1 is 1.32 bits per heavy atom. The van der Waals surface area contributed by atoms with Gasteiger partial charge < -0.3 is 31.6 Å². The number of H-pyrrole nitrogens is 1. The van der Waals surface area contributed by atoms with E-state index in [2.05, 4.69) is 20.6 Å². The number of carbonyl (C=O) groups is 3. The maximum absolute atomic E-state index is 12.0. The number of hydrogen-bond acceptors (Lipinski definition) is 6. The maximum atomic E-state index is 12.0. The zero-order valence-electron chi connectivity index (χ0n) is 11.9. The van der Waals surface area contributed by atoms with E-state index in [0.717, 1.165) is 0 Å². The molecule has 0 unspecified atom stereocenters. The first kappa shape index (κ1) is 17.6. The number of hydrogen-bond donors (Lipinski definition) is 6. The van der Waals surface area contributed by atoms with Crippen molar-refractivity contribution in [2.45, 2.75) is 31.5 Å². The highest BCUT2D eigenvalue weighted by Crippen LogP contribution is 2.00. The number of aliphatic hydroxyl groups excluding tert-OH is 1. The highest BCUT2D eigenvalue weighted by molar-refractivity contribution is 5.91. The number of nitrogens with zero attached hydrogens (tertiary/aromatic N) is 1. The van der Waals surface area contributed by atoms with E-state index in [0.29, 0.717) is 5.69 Å². The summed E-state index contributed by atoms with van der Waals surface area (Å²) in [5.41, 5.74) is 5.80. The molecule has 0 bridgehead atoms. The largest absolute Gasteiger partial charge is 0.480 e. The predicted molar refractivity (Wildman–Crippen MR) is 74.5 cm³/mol. The van der Waals surface area contributed by atoms with Gasteiger partial charge in [0.25, 0.3) is 0 Å². The van der Waals surface area contributed by atoms with Crippen LogP contribution in [0.4, 0.5) is 0 Å².